The summed E-state index contributed by atoms with van der Waals surface area (Å²) in [6, 6.07) is 8.87. The van der Waals surface area contributed by atoms with Crippen LogP contribution >= 0.6 is 0 Å². The van der Waals surface area contributed by atoms with Crippen LogP contribution in [0.25, 0.3) is 10.9 Å². The number of hydrogen-bond acceptors (Lipinski definition) is 4. The largest absolute Gasteiger partial charge is 0.457 e. The lowest BCUT2D eigenvalue weighted by Crippen LogP contribution is -1.95. The Morgan fingerprint density at radius 2 is 1.88 bits per heavy atom. The van der Waals surface area contributed by atoms with Crippen molar-refractivity contribution in [2.24, 2.45) is 0 Å². The van der Waals surface area contributed by atoms with Crippen LogP contribution in [0, 0.1) is 24.0 Å². The first kappa shape index (κ1) is 17.9. The minimum absolute atomic E-state index is 0.0795. The van der Waals surface area contributed by atoms with Crippen molar-refractivity contribution in [3.8, 4) is 11.5 Å². The van der Waals surface area contributed by atoms with E-state index in [1.807, 2.05) is 32.0 Å². The van der Waals surface area contributed by atoms with E-state index < -0.39 is 0 Å². The topological polar surface area (TPSA) is 81.0 Å². The number of non-ortho nitro benzene ring substituents is 1. The fraction of sp³-hybridized carbons (Fsp3) is 0.350. The molecule has 1 N–H and O–H groups in total. The van der Waals surface area contributed by atoms with Crippen molar-refractivity contribution in [3.05, 3.63) is 57.3 Å². The molecule has 0 aliphatic rings. The van der Waals surface area contributed by atoms with E-state index in [1.165, 1.54) is 25.0 Å². The second-order valence-electron chi connectivity index (χ2n) is 6.61. The lowest BCUT2D eigenvalue weighted by molar-refractivity contribution is -0.385. The molecule has 0 fully saturated rings. The Balaban J connectivity index is 1.89. The van der Waals surface area contributed by atoms with Gasteiger partial charge in [-0.15, -0.1) is 0 Å². The van der Waals surface area contributed by atoms with Gasteiger partial charge in [0.1, 0.15) is 11.5 Å². The number of ether oxygens (including phenoxy) is 1. The Labute approximate surface area is 152 Å². The zero-order valence-electron chi connectivity index (χ0n) is 15.3. The molecule has 0 radical (unpaired) electrons. The van der Waals surface area contributed by atoms with Crippen LogP contribution in [0.4, 0.5) is 5.69 Å². The number of H-pyrrole nitrogens is 1. The highest BCUT2D eigenvalue weighted by molar-refractivity contribution is 5.83. The summed E-state index contributed by atoms with van der Waals surface area (Å²) in [5, 5.41) is 19.5. The second-order valence-corrected chi connectivity index (χ2v) is 6.61. The summed E-state index contributed by atoms with van der Waals surface area (Å²) in [6.45, 7) is 5.83. The molecule has 0 atom stereocenters. The number of nitrogens with one attached hydrogen (secondary N) is 1. The van der Waals surface area contributed by atoms with Gasteiger partial charge in [-0.3, -0.25) is 15.2 Å². The molecule has 0 saturated heterocycles. The number of fused-ring (bicyclic) bond motifs is 1. The van der Waals surface area contributed by atoms with E-state index in [1.54, 1.807) is 0 Å². The van der Waals surface area contributed by atoms with Gasteiger partial charge in [0.05, 0.1) is 10.4 Å². The van der Waals surface area contributed by atoms with Gasteiger partial charge in [-0.25, -0.2) is 0 Å². The first-order valence-corrected chi connectivity index (χ1v) is 8.90. The van der Waals surface area contributed by atoms with Gasteiger partial charge in [0.2, 0.25) is 0 Å². The van der Waals surface area contributed by atoms with E-state index in [4.69, 9.17) is 4.74 Å². The summed E-state index contributed by atoms with van der Waals surface area (Å²) in [4.78, 5) is 10.6. The summed E-state index contributed by atoms with van der Waals surface area (Å²) in [6.07, 6.45) is 4.46. The Morgan fingerprint density at radius 3 is 2.54 bits per heavy atom. The van der Waals surface area contributed by atoms with Crippen molar-refractivity contribution in [1.82, 2.24) is 10.2 Å². The molecule has 0 amide bonds. The maximum Gasteiger partial charge on any atom is 0.270 e. The molecular weight excluding hydrogens is 330 g/mol. The maximum atomic E-state index is 11.0. The minimum Gasteiger partial charge on any atom is -0.457 e. The summed E-state index contributed by atoms with van der Waals surface area (Å²) in [5.41, 5.74) is 3.60. The van der Waals surface area contributed by atoms with Gasteiger partial charge >= 0.3 is 0 Å². The Morgan fingerprint density at radius 1 is 1.15 bits per heavy atom. The minimum atomic E-state index is -0.385. The summed E-state index contributed by atoms with van der Waals surface area (Å²) in [7, 11) is 0. The van der Waals surface area contributed by atoms with Crippen molar-refractivity contribution in [2.75, 3.05) is 0 Å². The van der Waals surface area contributed by atoms with Crippen molar-refractivity contribution in [3.63, 3.8) is 0 Å². The number of nitro groups is 1. The first-order chi connectivity index (χ1) is 12.5. The van der Waals surface area contributed by atoms with Gasteiger partial charge < -0.3 is 4.74 Å². The van der Waals surface area contributed by atoms with Gasteiger partial charge in [0.25, 0.3) is 5.69 Å². The predicted molar refractivity (Wildman–Crippen MR) is 102 cm³/mol. The lowest BCUT2D eigenvalue weighted by atomic mass is 10.1. The zero-order chi connectivity index (χ0) is 18.7. The maximum absolute atomic E-state index is 11.0. The third kappa shape index (κ3) is 3.69. The van der Waals surface area contributed by atoms with Crippen LogP contribution < -0.4 is 4.74 Å². The van der Waals surface area contributed by atoms with Gasteiger partial charge in [0.15, 0.2) is 0 Å². The number of aryl methyl sites for hydroxylation is 3. The highest BCUT2D eigenvalue weighted by Gasteiger charge is 2.14. The molecule has 1 heterocycles. The van der Waals surface area contributed by atoms with Crippen molar-refractivity contribution < 1.29 is 9.66 Å². The molecule has 3 rings (SSSR count). The van der Waals surface area contributed by atoms with Crippen LogP contribution in [-0.4, -0.2) is 15.1 Å². The average Bonchev–Trinajstić information content (AvgIpc) is 3.00. The van der Waals surface area contributed by atoms with E-state index in [0.717, 1.165) is 40.6 Å². The summed E-state index contributed by atoms with van der Waals surface area (Å²) >= 11 is 0. The van der Waals surface area contributed by atoms with Crippen LogP contribution in [0.3, 0.4) is 0 Å². The monoisotopic (exact) mass is 353 g/mol. The molecule has 0 aliphatic carbocycles. The molecule has 26 heavy (non-hydrogen) atoms. The van der Waals surface area contributed by atoms with Crippen LogP contribution in [0.1, 0.15) is 43.0 Å². The lowest BCUT2D eigenvalue weighted by Gasteiger charge is -2.12. The number of aromatic amines is 1. The molecule has 3 aromatic rings. The molecule has 0 bridgehead atoms. The second kappa shape index (κ2) is 7.56. The molecule has 0 spiro atoms. The van der Waals surface area contributed by atoms with Crippen LogP contribution in [0.5, 0.6) is 11.5 Å². The van der Waals surface area contributed by atoms with Crippen LogP contribution in [0.2, 0.25) is 0 Å². The van der Waals surface area contributed by atoms with E-state index >= 15 is 0 Å². The fourth-order valence-electron chi connectivity index (χ4n) is 3.16. The standard InChI is InChI=1S/C20H23N3O3/c1-4-5-6-7-18-17-12-16(8-9-19(17)22-21-18)26-20-13(2)10-15(23(24)25)11-14(20)3/h8-12H,4-7H2,1-3H3,(H,21,22). The van der Waals surface area contributed by atoms with E-state index in [2.05, 4.69) is 17.1 Å². The third-order valence-electron chi connectivity index (χ3n) is 4.51. The number of nitro benzene ring substituents is 1. The van der Waals surface area contributed by atoms with Crippen molar-refractivity contribution in [1.29, 1.82) is 0 Å². The fourth-order valence-corrected chi connectivity index (χ4v) is 3.16. The predicted octanol–water partition coefficient (Wildman–Crippen LogP) is 5.61. The molecule has 0 unspecified atom stereocenters. The molecular formula is C20H23N3O3. The summed E-state index contributed by atoms with van der Waals surface area (Å²) < 4.78 is 6.07. The summed E-state index contributed by atoms with van der Waals surface area (Å²) in [5.74, 6) is 1.36. The van der Waals surface area contributed by atoms with Crippen LogP contribution in [-0.2, 0) is 6.42 Å². The number of benzene rings is 2. The van der Waals surface area contributed by atoms with Gasteiger partial charge in [-0.1, -0.05) is 19.8 Å². The highest BCUT2D eigenvalue weighted by atomic mass is 16.6. The number of aromatic nitrogens is 2. The molecule has 6 nitrogen and oxygen atoms in total. The Kier molecular flexibility index (Phi) is 5.21. The average molecular weight is 353 g/mol. The van der Waals surface area contributed by atoms with E-state index in [0.29, 0.717) is 11.5 Å². The number of rotatable bonds is 7. The van der Waals surface area contributed by atoms with Gasteiger partial charge in [0, 0.05) is 23.2 Å². The van der Waals surface area contributed by atoms with E-state index in [-0.39, 0.29) is 10.6 Å². The van der Waals surface area contributed by atoms with E-state index in [9.17, 15) is 10.1 Å². The van der Waals surface area contributed by atoms with Gasteiger partial charge in [-0.05, 0) is 56.0 Å². The first-order valence-electron chi connectivity index (χ1n) is 8.90. The number of nitrogens with zero attached hydrogens (tertiary/aromatic N) is 2. The molecule has 6 heteroatoms. The quantitative estimate of drug-likeness (QED) is 0.340. The smallest absolute Gasteiger partial charge is 0.270 e. The molecule has 136 valence electrons. The Hall–Kier alpha value is -2.89. The highest BCUT2D eigenvalue weighted by Crippen LogP contribution is 2.33. The Bertz CT molecular complexity index is 924. The molecule has 0 saturated carbocycles. The third-order valence-corrected chi connectivity index (χ3v) is 4.51. The van der Waals surface area contributed by atoms with Gasteiger partial charge in [-0.2, -0.15) is 5.10 Å². The SMILES string of the molecule is CCCCCc1[nH]nc2ccc(Oc3c(C)cc([N+](=O)[O-])cc3C)cc12. The van der Waals surface area contributed by atoms with Crippen molar-refractivity contribution in [2.45, 2.75) is 46.5 Å². The van der Waals surface area contributed by atoms with Crippen molar-refractivity contribution >= 4 is 16.6 Å². The zero-order valence-corrected chi connectivity index (χ0v) is 15.3. The number of unbranched alkanes of at least 4 members (excludes halogenated alkanes) is 2. The molecule has 1 aromatic heterocycles. The van der Waals surface area contributed by atoms with Crippen LogP contribution in [0.15, 0.2) is 30.3 Å². The molecule has 0 aliphatic heterocycles. The molecule has 2 aromatic carbocycles. The number of hydrogen-bond donors (Lipinski definition) is 1. The normalized spacial score (nSPS) is 11.0.